The van der Waals surface area contributed by atoms with Gasteiger partial charge in [0.25, 0.3) is 5.91 Å². The molecule has 16 heavy (non-hydrogen) atoms. The Kier molecular flexibility index (Phi) is 4.00. The number of carboxylic acids is 1. The van der Waals surface area contributed by atoms with Crippen molar-refractivity contribution in [3.8, 4) is 0 Å². The summed E-state index contributed by atoms with van der Waals surface area (Å²) in [7, 11) is 0. The van der Waals surface area contributed by atoms with Crippen molar-refractivity contribution >= 4 is 23.2 Å². The van der Waals surface area contributed by atoms with Gasteiger partial charge in [0.2, 0.25) is 0 Å². The fourth-order valence-corrected chi connectivity index (χ4v) is 1.79. The highest BCUT2D eigenvalue weighted by Crippen LogP contribution is 2.15. The van der Waals surface area contributed by atoms with Crippen LogP contribution in [-0.4, -0.2) is 27.5 Å². The molecule has 1 aromatic heterocycles. The molecule has 0 saturated carbocycles. The molecule has 0 bridgehead atoms. The molecule has 0 aliphatic carbocycles. The average Bonchev–Trinajstić information content (AvgIpc) is 2.69. The average molecular weight is 242 g/mol. The summed E-state index contributed by atoms with van der Waals surface area (Å²) in [4.78, 5) is 26.3. The van der Waals surface area contributed by atoms with E-state index in [1.807, 2.05) is 6.92 Å². The summed E-state index contributed by atoms with van der Waals surface area (Å²) in [5.41, 5.74) is 1.16. The van der Waals surface area contributed by atoms with Gasteiger partial charge in [0.05, 0.1) is 11.9 Å². The smallest absolute Gasteiger partial charge is 0.305 e. The normalized spacial score (nSPS) is 14.1. The first-order chi connectivity index (χ1) is 7.47. The van der Waals surface area contributed by atoms with Crippen molar-refractivity contribution in [1.29, 1.82) is 0 Å². The molecule has 1 rings (SSSR count). The third-order valence-corrected chi connectivity index (χ3v) is 2.99. The number of amides is 1. The molecule has 1 heterocycles. The van der Waals surface area contributed by atoms with Crippen LogP contribution < -0.4 is 5.32 Å². The zero-order valence-electron chi connectivity index (χ0n) is 9.19. The molecule has 0 saturated heterocycles. The fourth-order valence-electron chi connectivity index (χ4n) is 1.25. The van der Waals surface area contributed by atoms with E-state index in [9.17, 15) is 9.59 Å². The summed E-state index contributed by atoms with van der Waals surface area (Å²) in [6.07, 6.45) is 0.453. The van der Waals surface area contributed by atoms with Gasteiger partial charge >= 0.3 is 5.97 Å². The van der Waals surface area contributed by atoms with Gasteiger partial charge in [-0.2, -0.15) is 0 Å². The van der Waals surface area contributed by atoms with Crippen molar-refractivity contribution in [2.24, 2.45) is 0 Å². The first-order valence-electron chi connectivity index (χ1n) is 4.89. The standard InChI is InChI=1S/C10H14N2O3S/c1-3-10(2,4-8(13)14)12-9(15)7-5-16-6-11-7/h5-6H,3-4H2,1-2H3,(H,12,15)(H,13,14). The molecule has 88 valence electrons. The second-order valence-corrected chi connectivity index (χ2v) is 4.53. The summed E-state index contributed by atoms with van der Waals surface area (Å²) in [6.45, 7) is 3.55. The van der Waals surface area contributed by atoms with Crippen molar-refractivity contribution in [2.75, 3.05) is 0 Å². The largest absolute Gasteiger partial charge is 0.481 e. The highest BCUT2D eigenvalue weighted by atomic mass is 32.1. The number of aliphatic carboxylic acids is 1. The number of thiazole rings is 1. The van der Waals surface area contributed by atoms with Crippen LogP contribution in [0.15, 0.2) is 10.9 Å². The monoisotopic (exact) mass is 242 g/mol. The van der Waals surface area contributed by atoms with E-state index in [1.165, 1.54) is 11.3 Å². The molecule has 5 nitrogen and oxygen atoms in total. The Labute approximate surface area is 97.5 Å². The molecule has 6 heteroatoms. The van der Waals surface area contributed by atoms with E-state index in [0.29, 0.717) is 12.1 Å². The van der Waals surface area contributed by atoms with Gasteiger partial charge in [-0.3, -0.25) is 9.59 Å². The summed E-state index contributed by atoms with van der Waals surface area (Å²) in [5, 5.41) is 13.1. The zero-order valence-corrected chi connectivity index (χ0v) is 10.0. The van der Waals surface area contributed by atoms with Crippen LogP contribution in [0.2, 0.25) is 0 Å². The molecule has 0 fully saturated rings. The number of rotatable bonds is 5. The van der Waals surface area contributed by atoms with Gasteiger partial charge in [-0.1, -0.05) is 6.92 Å². The van der Waals surface area contributed by atoms with Gasteiger partial charge in [-0.05, 0) is 13.3 Å². The Morgan fingerprint density at radius 2 is 2.31 bits per heavy atom. The zero-order chi connectivity index (χ0) is 12.2. The maximum atomic E-state index is 11.7. The first kappa shape index (κ1) is 12.6. The van der Waals surface area contributed by atoms with Crippen molar-refractivity contribution in [3.05, 3.63) is 16.6 Å². The van der Waals surface area contributed by atoms with Crippen molar-refractivity contribution < 1.29 is 14.7 Å². The Hall–Kier alpha value is -1.43. The van der Waals surface area contributed by atoms with Gasteiger partial charge in [0.15, 0.2) is 0 Å². The van der Waals surface area contributed by atoms with Crippen LogP contribution in [0.5, 0.6) is 0 Å². The topological polar surface area (TPSA) is 79.3 Å². The van der Waals surface area contributed by atoms with Crippen LogP contribution in [0.4, 0.5) is 0 Å². The number of carboxylic acid groups (broad SMARTS) is 1. The van der Waals surface area contributed by atoms with Crippen molar-refractivity contribution in [2.45, 2.75) is 32.2 Å². The predicted octanol–water partition coefficient (Wildman–Crippen LogP) is 1.52. The molecular weight excluding hydrogens is 228 g/mol. The highest BCUT2D eigenvalue weighted by molar-refractivity contribution is 7.07. The van der Waals surface area contributed by atoms with E-state index in [0.717, 1.165) is 0 Å². The van der Waals surface area contributed by atoms with Crippen LogP contribution >= 0.6 is 11.3 Å². The van der Waals surface area contributed by atoms with Crippen LogP contribution in [0.1, 0.15) is 37.2 Å². The SMILES string of the molecule is CCC(C)(CC(=O)O)NC(=O)c1cscn1. The number of hydrogen-bond acceptors (Lipinski definition) is 4. The van der Waals surface area contributed by atoms with E-state index in [-0.39, 0.29) is 12.3 Å². The highest BCUT2D eigenvalue weighted by Gasteiger charge is 2.28. The van der Waals surface area contributed by atoms with Crippen LogP contribution in [0, 0.1) is 0 Å². The lowest BCUT2D eigenvalue weighted by atomic mass is 9.94. The molecule has 1 aromatic rings. The molecule has 0 aromatic carbocycles. The molecular formula is C10H14N2O3S. The van der Waals surface area contributed by atoms with E-state index in [2.05, 4.69) is 10.3 Å². The van der Waals surface area contributed by atoms with Crippen LogP contribution in [0.3, 0.4) is 0 Å². The number of hydrogen-bond donors (Lipinski definition) is 2. The fraction of sp³-hybridized carbons (Fsp3) is 0.500. The van der Waals surface area contributed by atoms with Crippen LogP contribution in [0.25, 0.3) is 0 Å². The first-order valence-corrected chi connectivity index (χ1v) is 5.83. The summed E-state index contributed by atoms with van der Waals surface area (Å²) in [5.74, 6) is -1.25. The van der Waals surface area contributed by atoms with E-state index in [1.54, 1.807) is 17.8 Å². The Bertz CT molecular complexity index is 377. The molecule has 1 unspecified atom stereocenters. The summed E-state index contributed by atoms with van der Waals surface area (Å²) in [6, 6.07) is 0. The quantitative estimate of drug-likeness (QED) is 0.820. The lowest BCUT2D eigenvalue weighted by molar-refractivity contribution is -0.138. The van der Waals surface area contributed by atoms with E-state index >= 15 is 0 Å². The number of aromatic nitrogens is 1. The minimum Gasteiger partial charge on any atom is -0.481 e. The number of nitrogens with zero attached hydrogens (tertiary/aromatic N) is 1. The third-order valence-electron chi connectivity index (χ3n) is 2.40. The molecule has 0 aliphatic heterocycles. The van der Waals surface area contributed by atoms with Gasteiger partial charge in [-0.15, -0.1) is 11.3 Å². The van der Waals surface area contributed by atoms with Gasteiger partial charge in [0, 0.05) is 10.9 Å². The Morgan fingerprint density at radius 3 is 2.75 bits per heavy atom. The van der Waals surface area contributed by atoms with Crippen molar-refractivity contribution in [3.63, 3.8) is 0 Å². The van der Waals surface area contributed by atoms with Crippen molar-refractivity contribution in [1.82, 2.24) is 10.3 Å². The maximum Gasteiger partial charge on any atom is 0.305 e. The Morgan fingerprint density at radius 1 is 1.62 bits per heavy atom. The third kappa shape index (κ3) is 3.30. The summed E-state index contributed by atoms with van der Waals surface area (Å²) < 4.78 is 0. The summed E-state index contributed by atoms with van der Waals surface area (Å²) >= 11 is 1.33. The molecule has 1 amide bonds. The van der Waals surface area contributed by atoms with Gasteiger partial charge in [0.1, 0.15) is 5.69 Å². The van der Waals surface area contributed by atoms with Crippen LogP contribution in [-0.2, 0) is 4.79 Å². The maximum absolute atomic E-state index is 11.7. The van der Waals surface area contributed by atoms with E-state index in [4.69, 9.17) is 5.11 Å². The second kappa shape index (κ2) is 5.07. The van der Waals surface area contributed by atoms with Gasteiger partial charge in [-0.25, -0.2) is 4.98 Å². The number of nitrogens with one attached hydrogen (secondary N) is 1. The lowest BCUT2D eigenvalue weighted by Crippen LogP contribution is -2.47. The predicted molar refractivity (Wildman–Crippen MR) is 60.5 cm³/mol. The number of carbonyl (C=O) groups is 2. The molecule has 1 atom stereocenters. The minimum atomic E-state index is -0.928. The Balaban J connectivity index is 2.70. The van der Waals surface area contributed by atoms with E-state index < -0.39 is 11.5 Å². The molecule has 0 aliphatic rings. The minimum absolute atomic E-state index is 0.0978. The molecule has 2 N–H and O–H groups in total. The second-order valence-electron chi connectivity index (χ2n) is 3.81. The molecule has 0 radical (unpaired) electrons. The lowest BCUT2D eigenvalue weighted by Gasteiger charge is -2.27. The molecule has 0 spiro atoms. The number of carbonyl (C=O) groups excluding carboxylic acids is 1. The van der Waals surface area contributed by atoms with Gasteiger partial charge < -0.3 is 10.4 Å².